The summed E-state index contributed by atoms with van der Waals surface area (Å²) >= 11 is 0. The Hall–Kier alpha value is -2.11. The molecule has 1 aromatic heterocycles. The second kappa shape index (κ2) is 5.69. The number of hydrogen-bond acceptors (Lipinski definition) is 3. The number of anilines is 1. The summed E-state index contributed by atoms with van der Waals surface area (Å²) in [7, 11) is 1.53. The van der Waals surface area contributed by atoms with Gasteiger partial charge in [-0.15, -0.1) is 0 Å². The summed E-state index contributed by atoms with van der Waals surface area (Å²) in [6.07, 6.45) is 6.80. The Morgan fingerprint density at radius 3 is 2.84 bits per heavy atom. The summed E-state index contributed by atoms with van der Waals surface area (Å²) < 4.78 is 1.23. The van der Waals surface area contributed by atoms with Gasteiger partial charge in [0.25, 0.3) is 0 Å². The van der Waals surface area contributed by atoms with Gasteiger partial charge in [-0.1, -0.05) is 11.6 Å². The normalized spacial score (nSPS) is 14.9. The van der Waals surface area contributed by atoms with Crippen molar-refractivity contribution in [2.75, 3.05) is 5.32 Å². The molecule has 0 radical (unpaired) electrons. The van der Waals surface area contributed by atoms with Gasteiger partial charge < -0.3 is 10.4 Å². The van der Waals surface area contributed by atoms with Crippen molar-refractivity contribution in [2.45, 2.75) is 32.1 Å². The first-order valence-electron chi connectivity index (χ1n) is 6.31. The van der Waals surface area contributed by atoms with Gasteiger partial charge in [-0.3, -0.25) is 9.48 Å². The zero-order valence-corrected chi connectivity index (χ0v) is 10.8. The topological polar surface area (TPSA) is 84.2 Å². The van der Waals surface area contributed by atoms with E-state index in [1.807, 2.05) is 0 Å². The molecule has 2 rings (SSSR count). The van der Waals surface area contributed by atoms with Gasteiger partial charge in [0.05, 0.1) is 0 Å². The van der Waals surface area contributed by atoms with Crippen LogP contribution < -0.4 is 5.32 Å². The summed E-state index contributed by atoms with van der Waals surface area (Å²) in [5.41, 5.74) is 1.20. The van der Waals surface area contributed by atoms with E-state index < -0.39 is 5.97 Å². The van der Waals surface area contributed by atoms with Crippen molar-refractivity contribution in [3.8, 4) is 0 Å². The lowest BCUT2D eigenvalue weighted by molar-refractivity contribution is -0.115. The van der Waals surface area contributed by atoms with Gasteiger partial charge in [-0.25, -0.2) is 4.79 Å². The number of aryl methyl sites for hydroxylation is 1. The van der Waals surface area contributed by atoms with Gasteiger partial charge in [0.1, 0.15) is 5.69 Å². The molecule has 1 aliphatic carbocycles. The van der Waals surface area contributed by atoms with E-state index in [1.54, 1.807) is 0 Å². The lowest BCUT2D eigenvalue weighted by Gasteiger charge is -2.11. The highest BCUT2D eigenvalue weighted by atomic mass is 16.4. The van der Waals surface area contributed by atoms with Crippen molar-refractivity contribution in [3.63, 3.8) is 0 Å². The lowest BCUT2D eigenvalue weighted by Crippen LogP contribution is -2.13. The van der Waals surface area contributed by atoms with E-state index in [1.165, 1.54) is 24.2 Å². The van der Waals surface area contributed by atoms with Gasteiger partial charge in [0.2, 0.25) is 5.91 Å². The van der Waals surface area contributed by atoms with Crippen LogP contribution in [-0.4, -0.2) is 26.8 Å². The Morgan fingerprint density at radius 2 is 2.26 bits per heavy atom. The molecule has 1 amide bonds. The quantitative estimate of drug-likeness (QED) is 0.813. The van der Waals surface area contributed by atoms with E-state index in [0.29, 0.717) is 6.42 Å². The number of nitrogens with one attached hydrogen (secondary N) is 1. The number of rotatable bonds is 4. The Kier molecular flexibility index (Phi) is 3.99. The molecule has 1 heterocycles. The van der Waals surface area contributed by atoms with Crippen LogP contribution in [0.1, 0.15) is 42.6 Å². The maximum absolute atomic E-state index is 11.8. The van der Waals surface area contributed by atoms with Gasteiger partial charge in [-0.05, 0) is 25.7 Å². The van der Waals surface area contributed by atoms with Crippen molar-refractivity contribution < 1.29 is 14.7 Å². The highest BCUT2D eigenvalue weighted by Gasteiger charge is 2.14. The number of allylic oxidation sites excluding steroid dienone is 1. The van der Waals surface area contributed by atoms with Crippen LogP contribution in [0.15, 0.2) is 17.7 Å². The molecule has 102 valence electrons. The van der Waals surface area contributed by atoms with Crippen LogP contribution in [0.25, 0.3) is 0 Å². The molecule has 1 aliphatic rings. The molecular formula is C13H17N3O3. The van der Waals surface area contributed by atoms with Crippen LogP contribution in [0.2, 0.25) is 0 Å². The van der Waals surface area contributed by atoms with Crippen LogP contribution in [0.5, 0.6) is 0 Å². The average Bonchev–Trinajstić information content (AvgIpc) is 2.71. The summed E-state index contributed by atoms with van der Waals surface area (Å²) in [5, 5.41) is 15.5. The van der Waals surface area contributed by atoms with E-state index in [-0.39, 0.29) is 17.4 Å². The number of carboxylic acids is 1. The maximum Gasteiger partial charge on any atom is 0.354 e. The fourth-order valence-electron chi connectivity index (χ4n) is 2.19. The second-order valence-corrected chi connectivity index (χ2v) is 4.68. The monoisotopic (exact) mass is 263 g/mol. The molecule has 0 bridgehead atoms. The molecule has 1 aromatic rings. The van der Waals surface area contributed by atoms with Crippen molar-refractivity contribution >= 4 is 17.7 Å². The number of nitrogens with zero attached hydrogens (tertiary/aromatic N) is 2. The molecule has 2 N–H and O–H groups in total. The smallest absolute Gasteiger partial charge is 0.354 e. The Morgan fingerprint density at radius 1 is 1.47 bits per heavy atom. The minimum atomic E-state index is -1.06. The molecule has 0 saturated heterocycles. The predicted octanol–water partition coefficient (Wildman–Crippen LogP) is 1.95. The highest BCUT2D eigenvalue weighted by Crippen LogP contribution is 2.20. The number of aromatic nitrogens is 2. The number of amides is 1. The first-order valence-corrected chi connectivity index (χ1v) is 6.31. The van der Waals surface area contributed by atoms with Crippen molar-refractivity contribution in [2.24, 2.45) is 7.05 Å². The van der Waals surface area contributed by atoms with Crippen LogP contribution in [-0.2, 0) is 11.8 Å². The number of carboxylic acid groups (broad SMARTS) is 1. The van der Waals surface area contributed by atoms with Crippen LogP contribution in [0.3, 0.4) is 0 Å². The predicted molar refractivity (Wildman–Crippen MR) is 70.0 cm³/mol. The molecular weight excluding hydrogens is 246 g/mol. The van der Waals surface area contributed by atoms with Gasteiger partial charge in [-0.2, -0.15) is 5.10 Å². The fraction of sp³-hybridized carbons (Fsp3) is 0.462. The van der Waals surface area contributed by atoms with Crippen molar-refractivity contribution in [3.05, 3.63) is 23.4 Å². The van der Waals surface area contributed by atoms with Gasteiger partial charge in [0, 0.05) is 19.5 Å². The van der Waals surface area contributed by atoms with Crippen LogP contribution in [0, 0.1) is 0 Å². The Labute approximate surface area is 111 Å². The molecule has 0 spiro atoms. The highest BCUT2D eigenvalue weighted by molar-refractivity contribution is 5.93. The largest absolute Gasteiger partial charge is 0.477 e. The molecule has 6 nitrogen and oxygen atoms in total. The molecule has 0 saturated carbocycles. The summed E-state index contributed by atoms with van der Waals surface area (Å²) in [4.78, 5) is 22.7. The molecule has 0 unspecified atom stereocenters. The van der Waals surface area contributed by atoms with E-state index >= 15 is 0 Å². The minimum absolute atomic E-state index is 0.0483. The second-order valence-electron chi connectivity index (χ2n) is 4.68. The lowest BCUT2D eigenvalue weighted by atomic mass is 9.97. The Balaban J connectivity index is 1.97. The molecule has 0 fully saturated rings. The Bertz CT molecular complexity index is 531. The fourth-order valence-corrected chi connectivity index (χ4v) is 2.19. The first-order chi connectivity index (χ1) is 9.06. The summed E-state index contributed by atoms with van der Waals surface area (Å²) in [6, 6.07) is 1.36. The third-order valence-electron chi connectivity index (χ3n) is 3.14. The SMILES string of the molecule is Cn1nc(NC(=O)CC2=CCCCC2)cc1C(=O)O. The molecule has 0 atom stereocenters. The third-order valence-corrected chi connectivity index (χ3v) is 3.14. The number of carbonyl (C=O) groups excluding carboxylic acids is 1. The third kappa shape index (κ3) is 3.43. The molecule has 6 heteroatoms. The van der Waals surface area contributed by atoms with Gasteiger partial charge in [0.15, 0.2) is 5.82 Å². The van der Waals surface area contributed by atoms with Crippen LogP contribution >= 0.6 is 0 Å². The van der Waals surface area contributed by atoms with E-state index in [4.69, 9.17) is 5.11 Å². The van der Waals surface area contributed by atoms with E-state index in [0.717, 1.165) is 24.8 Å². The number of hydrogen-bond donors (Lipinski definition) is 2. The average molecular weight is 263 g/mol. The number of aromatic carboxylic acids is 1. The molecule has 0 aliphatic heterocycles. The number of carbonyl (C=O) groups is 2. The van der Waals surface area contributed by atoms with Crippen molar-refractivity contribution in [1.82, 2.24) is 9.78 Å². The molecule has 19 heavy (non-hydrogen) atoms. The van der Waals surface area contributed by atoms with E-state index in [9.17, 15) is 9.59 Å². The summed E-state index contributed by atoms with van der Waals surface area (Å²) in [5.74, 6) is -0.935. The van der Waals surface area contributed by atoms with Gasteiger partial charge >= 0.3 is 5.97 Å². The van der Waals surface area contributed by atoms with Crippen LogP contribution in [0.4, 0.5) is 5.82 Å². The zero-order valence-electron chi connectivity index (χ0n) is 10.8. The minimum Gasteiger partial charge on any atom is -0.477 e. The van der Waals surface area contributed by atoms with Crippen molar-refractivity contribution in [1.29, 1.82) is 0 Å². The van der Waals surface area contributed by atoms with E-state index in [2.05, 4.69) is 16.5 Å². The summed E-state index contributed by atoms with van der Waals surface area (Å²) in [6.45, 7) is 0. The maximum atomic E-state index is 11.8. The zero-order chi connectivity index (χ0) is 13.8. The first kappa shape index (κ1) is 13.3. The standard InChI is InChI=1S/C13H17N3O3/c1-16-10(13(18)19)8-11(15-16)14-12(17)7-9-5-3-2-4-6-9/h5,8H,2-4,6-7H2,1H3,(H,18,19)(H,14,15,17). The molecule has 0 aromatic carbocycles.